The predicted molar refractivity (Wildman–Crippen MR) is 75.6 cm³/mol. The van der Waals surface area contributed by atoms with Gasteiger partial charge >= 0.3 is 0 Å². The van der Waals surface area contributed by atoms with Crippen molar-refractivity contribution in [3.63, 3.8) is 0 Å². The molecule has 0 aromatic heterocycles. The zero-order chi connectivity index (χ0) is 13.5. The highest BCUT2D eigenvalue weighted by atomic mass is 16.5. The Hall–Kier alpha value is -1.86. The van der Waals surface area contributed by atoms with Crippen LogP contribution in [0.4, 0.5) is 5.69 Å². The van der Waals surface area contributed by atoms with E-state index in [9.17, 15) is 0 Å². The molecule has 4 nitrogen and oxygen atoms in total. The maximum Gasteiger partial charge on any atom is 0.105 e. The molecule has 1 saturated heterocycles. The van der Waals surface area contributed by atoms with Gasteiger partial charge in [0, 0.05) is 19.5 Å². The summed E-state index contributed by atoms with van der Waals surface area (Å²) in [5.41, 5.74) is 1.39. The number of morpholine rings is 1. The molecule has 1 aromatic rings. The van der Waals surface area contributed by atoms with Crippen LogP contribution < -0.4 is 0 Å². The molecule has 2 rings (SSSR count). The minimum atomic E-state index is 0.629. The van der Waals surface area contributed by atoms with E-state index in [-0.39, 0.29) is 0 Å². The van der Waals surface area contributed by atoms with Crippen LogP contribution in [0.25, 0.3) is 0 Å². The summed E-state index contributed by atoms with van der Waals surface area (Å²) in [6.07, 6.45) is 1.98. The first-order valence-electron chi connectivity index (χ1n) is 6.74. The SMILES string of the molecule is CCCC(=Nc1ccccc1C#N)N1CCOCC1. The minimum Gasteiger partial charge on any atom is -0.378 e. The smallest absolute Gasteiger partial charge is 0.105 e. The van der Waals surface area contributed by atoms with E-state index in [1.54, 1.807) is 0 Å². The predicted octanol–water partition coefficient (Wildman–Crippen LogP) is 2.72. The number of nitrogens with zero attached hydrogens (tertiary/aromatic N) is 3. The number of ether oxygens (including phenoxy) is 1. The summed E-state index contributed by atoms with van der Waals surface area (Å²) in [6.45, 7) is 5.42. The van der Waals surface area contributed by atoms with E-state index >= 15 is 0 Å². The first-order valence-corrected chi connectivity index (χ1v) is 6.74. The van der Waals surface area contributed by atoms with E-state index in [0.717, 1.165) is 50.7 Å². The van der Waals surface area contributed by atoms with E-state index in [4.69, 9.17) is 15.0 Å². The molecule has 0 atom stereocenters. The van der Waals surface area contributed by atoms with Crippen molar-refractivity contribution < 1.29 is 4.74 Å². The number of para-hydroxylation sites is 1. The summed E-state index contributed by atoms with van der Waals surface area (Å²) in [5.74, 6) is 1.06. The minimum absolute atomic E-state index is 0.629. The van der Waals surface area contributed by atoms with Crippen LogP contribution in [0, 0.1) is 11.3 Å². The van der Waals surface area contributed by atoms with Crippen molar-refractivity contribution in [1.82, 2.24) is 4.90 Å². The molecule has 0 radical (unpaired) electrons. The van der Waals surface area contributed by atoms with Gasteiger partial charge in [-0.1, -0.05) is 19.1 Å². The second-order valence-corrected chi connectivity index (χ2v) is 4.51. The van der Waals surface area contributed by atoms with Gasteiger partial charge in [-0.25, -0.2) is 4.99 Å². The Morgan fingerprint density at radius 2 is 2.11 bits per heavy atom. The van der Waals surface area contributed by atoms with Crippen LogP contribution in [0.1, 0.15) is 25.3 Å². The largest absolute Gasteiger partial charge is 0.378 e. The normalized spacial score (nSPS) is 16.2. The Balaban J connectivity index is 2.26. The lowest BCUT2D eigenvalue weighted by Gasteiger charge is -2.30. The Bertz CT molecular complexity index is 484. The first kappa shape index (κ1) is 13.6. The van der Waals surface area contributed by atoms with Crippen LogP contribution in [0.2, 0.25) is 0 Å². The molecule has 0 bridgehead atoms. The maximum absolute atomic E-state index is 9.12. The van der Waals surface area contributed by atoms with Crippen molar-refractivity contribution in [2.24, 2.45) is 4.99 Å². The number of nitriles is 1. The van der Waals surface area contributed by atoms with Gasteiger partial charge in [-0.05, 0) is 18.6 Å². The molecule has 0 saturated carbocycles. The lowest BCUT2D eigenvalue weighted by Crippen LogP contribution is -2.40. The van der Waals surface area contributed by atoms with E-state index in [1.807, 2.05) is 24.3 Å². The van der Waals surface area contributed by atoms with Gasteiger partial charge in [-0.2, -0.15) is 5.26 Å². The van der Waals surface area contributed by atoms with Gasteiger partial charge < -0.3 is 9.64 Å². The molecule has 0 aliphatic carbocycles. The first-order chi connectivity index (χ1) is 9.35. The van der Waals surface area contributed by atoms with Crippen LogP contribution in [0.3, 0.4) is 0 Å². The lowest BCUT2D eigenvalue weighted by atomic mass is 10.2. The van der Waals surface area contributed by atoms with Gasteiger partial charge in [-0.3, -0.25) is 0 Å². The number of hydrogen-bond donors (Lipinski definition) is 0. The average Bonchev–Trinajstić information content (AvgIpc) is 2.48. The summed E-state index contributed by atoms with van der Waals surface area (Å²) in [4.78, 5) is 6.97. The third-order valence-electron chi connectivity index (χ3n) is 3.12. The molecule has 0 unspecified atom stereocenters. The zero-order valence-corrected chi connectivity index (χ0v) is 11.3. The van der Waals surface area contributed by atoms with Gasteiger partial charge in [0.25, 0.3) is 0 Å². The summed E-state index contributed by atoms with van der Waals surface area (Å²) in [7, 11) is 0. The number of hydrogen-bond acceptors (Lipinski definition) is 3. The standard InChI is InChI=1S/C15H19N3O/c1-2-5-15(18-8-10-19-11-9-18)17-14-7-4-3-6-13(14)12-16/h3-4,6-7H,2,5,8-11H2,1H3. The molecule has 0 spiro atoms. The average molecular weight is 257 g/mol. The molecule has 1 aromatic carbocycles. The highest BCUT2D eigenvalue weighted by molar-refractivity contribution is 5.85. The van der Waals surface area contributed by atoms with Crippen molar-refractivity contribution in [2.45, 2.75) is 19.8 Å². The Kier molecular flexibility index (Phi) is 4.93. The third-order valence-corrected chi connectivity index (χ3v) is 3.12. The second-order valence-electron chi connectivity index (χ2n) is 4.51. The summed E-state index contributed by atoms with van der Waals surface area (Å²) in [5, 5.41) is 9.12. The van der Waals surface area contributed by atoms with Crippen LogP contribution in [-0.2, 0) is 4.74 Å². The molecule has 1 fully saturated rings. The van der Waals surface area contributed by atoms with E-state index < -0.39 is 0 Å². The number of amidine groups is 1. The molecule has 0 amide bonds. The van der Waals surface area contributed by atoms with Crippen LogP contribution in [0.15, 0.2) is 29.3 Å². The molecule has 1 aliphatic rings. The van der Waals surface area contributed by atoms with E-state index in [0.29, 0.717) is 5.56 Å². The maximum atomic E-state index is 9.12. The molecular weight excluding hydrogens is 238 g/mol. The number of rotatable bonds is 3. The zero-order valence-electron chi connectivity index (χ0n) is 11.3. The fraction of sp³-hybridized carbons (Fsp3) is 0.467. The summed E-state index contributed by atoms with van der Waals surface area (Å²) >= 11 is 0. The molecule has 19 heavy (non-hydrogen) atoms. The highest BCUT2D eigenvalue weighted by Gasteiger charge is 2.15. The summed E-state index contributed by atoms with van der Waals surface area (Å²) in [6, 6.07) is 9.69. The molecule has 100 valence electrons. The number of benzene rings is 1. The highest BCUT2D eigenvalue weighted by Crippen LogP contribution is 2.19. The van der Waals surface area contributed by atoms with Crippen LogP contribution in [-0.4, -0.2) is 37.0 Å². The molecule has 1 aliphatic heterocycles. The van der Waals surface area contributed by atoms with Crippen molar-refractivity contribution in [3.05, 3.63) is 29.8 Å². The second kappa shape index (κ2) is 6.91. The molecule has 4 heteroatoms. The van der Waals surface area contributed by atoms with Crippen molar-refractivity contribution >= 4 is 11.5 Å². The van der Waals surface area contributed by atoms with Gasteiger partial charge in [-0.15, -0.1) is 0 Å². The fourth-order valence-electron chi connectivity index (χ4n) is 2.13. The van der Waals surface area contributed by atoms with E-state index in [2.05, 4.69) is 17.9 Å². The summed E-state index contributed by atoms with van der Waals surface area (Å²) < 4.78 is 5.37. The Morgan fingerprint density at radius 3 is 2.79 bits per heavy atom. The monoisotopic (exact) mass is 257 g/mol. The topological polar surface area (TPSA) is 48.6 Å². The molecule has 0 N–H and O–H groups in total. The Morgan fingerprint density at radius 1 is 1.37 bits per heavy atom. The van der Waals surface area contributed by atoms with E-state index in [1.165, 1.54) is 0 Å². The van der Waals surface area contributed by atoms with Crippen molar-refractivity contribution in [1.29, 1.82) is 5.26 Å². The quantitative estimate of drug-likeness (QED) is 0.618. The fourth-order valence-corrected chi connectivity index (χ4v) is 2.13. The van der Waals surface area contributed by atoms with Crippen LogP contribution >= 0.6 is 0 Å². The lowest BCUT2D eigenvalue weighted by molar-refractivity contribution is 0.0672. The van der Waals surface area contributed by atoms with Crippen LogP contribution in [0.5, 0.6) is 0 Å². The Labute approximate surface area is 114 Å². The molecule has 1 heterocycles. The van der Waals surface area contributed by atoms with Gasteiger partial charge in [0.2, 0.25) is 0 Å². The van der Waals surface area contributed by atoms with Crippen molar-refractivity contribution in [3.8, 4) is 6.07 Å². The van der Waals surface area contributed by atoms with Gasteiger partial charge in [0.05, 0.1) is 24.5 Å². The van der Waals surface area contributed by atoms with Crippen molar-refractivity contribution in [2.75, 3.05) is 26.3 Å². The third kappa shape index (κ3) is 3.55. The molecular formula is C15H19N3O. The van der Waals surface area contributed by atoms with Gasteiger partial charge in [0.1, 0.15) is 11.9 Å². The number of aliphatic imine (C=N–C) groups is 1. The van der Waals surface area contributed by atoms with Gasteiger partial charge in [0.15, 0.2) is 0 Å².